The van der Waals surface area contributed by atoms with Gasteiger partial charge in [-0.2, -0.15) is 0 Å². The lowest BCUT2D eigenvalue weighted by Crippen LogP contribution is -2.58. The Balaban J connectivity index is 5.02. The van der Waals surface area contributed by atoms with Crippen LogP contribution in [-0.2, 0) is 0 Å². The zero-order valence-corrected chi connectivity index (χ0v) is 14.2. The standard InChI is InChI=1S/C15H36N4/c1-8-17(9-2)15(7)19(18(10-3)11-4)14(6)12-13(5)16/h13-15H,8-12,16H2,1-7H3. The quantitative estimate of drug-likeness (QED) is 0.489. The lowest BCUT2D eigenvalue weighted by atomic mass is 10.1. The lowest BCUT2D eigenvalue weighted by molar-refractivity contribution is -0.128. The smallest absolute Gasteiger partial charge is 0.0734 e. The van der Waals surface area contributed by atoms with E-state index in [4.69, 9.17) is 5.73 Å². The van der Waals surface area contributed by atoms with E-state index in [1.54, 1.807) is 0 Å². The molecule has 0 amide bonds. The molecule has 19 heavy (non-hydrogen) atoms. The number of hydrogen-bond donors (Lipinski definition) is 1. The second-order valence-corrected chi connectivity index (χ2v) is 5.43. The second kappa shape index (κ2) is 9.70. The van der Waals surface area contributed by atoms with Crippen molar-refractivity contribution in [2.45, 2.75) is 73.1 Å². The van der Waals surface area contributed by atoms with Crippen molar-refractivity contribution >= 4 is 0 Å². The molecule has 2 N–H and O–H groups in total. The molecule has 4 heteroatoms. The summed E-state index contributed by atoms with van der Waals surface area (Å²) >= 11 is 0. The van der Waals surface area contributed by atoms with E-state index in [0.717, 1.165) is 32.6 Å². The first-order valence-electron chi connectivity index (χ1n) is 7.95. The Bertz CT molecular complexity index is 212. The average molecular weight is 272 g/mol. The summed E-state index contributed by atoms with van der Waals surface area (Å²) in [6.45, 7) is 19.9. The summed E-state index contributed by atoms with van der Waals surface area (Å²) < 4.78 is 0. The molecule has 0 aromatic rings. The highest BCUT2D eigenvalue weighted by atomic mass is 15.7. The summed E-state index contributed by atoms with van der Waals surface area (Å²) in [4.78, 5) is 2.50. The Labute approximate surface area is 120 Å². The maximum Gasteiger partial charge on any atom is 0.0734 e. The summed E-state index contributed by atoms with van der Waals surface area (Å²) in [6, 6.07) is 0.715. The number of rotatable bonds is 10. The van der Waals surface area contributed by atoms with E-state index in [-0.39, 0.29) is 6.04 Å². The van der Waals surface area contributed by atoms with E-state index in [0.29, 0.717) is 12.2 Å². The Hall–Kier alpha value is -0.160. The van der Waals surface area contributed by atoms with Crippen LogP contribution in [0, 0.1) is 0 Å². The zero-order valence-electron chi connectivity index (χ0n) is 14.2. The molecule has 0 saturated carbocycles. The molecular formula is C15H36N4. The van der Waals surface area contributed by atoms with Gasteiger partial charge in [0.25, 0.3) is 0 Å². The molecule has 116 valence electrons. The van der Waals surface area contributed by atoms with Crippen LogP contribution in [0.1, 0.15) is 54.9 Å². The van der Waals surface area contributed by atoms with Crippen LogP contribution in [0.4, 0.5) is 0 Å². The Morgan fingerprint density at radius 3 is 1.63 bits per heavy atom. The summed E-state index contributed by atoms with van der Waals surface area (Å²) in [5.41, 5.74) is 6.00. The number of hydrazine groups is 1. The van der Waals surface area contributed by atoms with Gasteiger partial charge in [0.15, 0.2) is 0 Å². The van der Waals surface area contributed by atoms with Crippen LogP contribution in [-0.4, -0.2) is 59.3 Å². The van der Waals surface area contributed by atoms with Crippen LogP contribution >= 0.6 is 0 Å². The third kappa shape index (κ3) is 5.78. The van der Waals surface area contributed by atoms with Gasteiger partial charge in [0, 0.05) is 25.2 Å². The van der Waals surface area contributed by atoms with E-state index >= 15 is 0 Å². The molecule has 0 aliphatic heterocycles. The van der Waals surface area contributed by atoms with Crippen LogP contribution in [0.3, 0.4) is 0 Å². The molecular weight excluding hydrogens is 236 g/mol. The predicted octanol–water partition coefficient (Wildman–Crippen LogP) is 2.36. The molecule has 0 spiro atoms. The van der Waals surface area contributed by atoms with Crippen molar-refractivity contribution in [3.8, 4) is 0 Å². The number of nitrogens with two attached hydrogens (primary N) is 1. The van der Waals surface area contributed by atoms with Gasteiger partial charge in [-0.05, 0) is 40.3 Å². The minimum atomic E-state index is 0.247. The maximum absolute atomic E-state index is 6.00. The minimum absolute atomic E-state index is 0.247. The topological polar surface area (TPSA) is 35.7 Å². The fourth-order valence-corrected chi connectivity index (χ4v) is 3.00. The summed E-state index contributed by atoms with van der Waals surface area (Å²) in [5, 5.41) is 4.96. The van der Waals surface area contributed by atoms with E-state index in [2.05, 4.69) is 63.4 Å². The summed E-state index contributed by atoms with van der Waals surface area (Å²) in [6.07, 6.45) is 1.45. The Morgan fingerprint density at radius 2 is 1.32 bits per heavy atom. The molecule has 0 aromatic carbocycles. The van der Waals surface area contributed by atoms with E-state index in [1.807, 2.05) is 0 Å². The van der Waals surface area contributed by atoms with Crippen LogP contribution in [0.25, 0.3) is 0 Å². The highest BCUT2D eigenvalue weighted by molar-refractivity contribution is 4.75. The van der Waals surface area contributed by atoms with Gasteiger partial charge in [0.2, 0.25) is 0 Å². The van der Waals surface area contributed by atoms with Crippen molar-refractivity contribution in [2.75, 3.05) is 26.2 Å². The van der Waals surface area contributed by atoms with E-state index < -0.39 is 0 Å². The average Bonchev–Trinajstić information content (AvgIpc) is 2.35. The van der Waals surface area contributed by atoms with Crippen molar-refractivity contribution in [3.63, 3.8) is 0 Å². The van der Waals surface area contributed by atoms with Gasteiger partial charge in [-0.15, -0.1) is 0 Å². The molecule has 0 saturated heterocycles. The normalized spacial score (nSPS) is 17.2. The molecule has 4 nitrogen and oxygen atoms in total. The van der Waals surface area contributed by atoms with Gasteiger partial charge in [-0.25, -0.2) is 10.0 Å². The Morgan fingerprint density at radius 1 is 0.842 bits per heavy atom. The highest BCUT2D eigenvalue weighted by Gasteiger charge is 2.28. The highest BCUT2D eigenvalue weighted by Crippen LogP contribution is 2.17. The molecule has 0 aromatic heterocycles. The third-order valence-electron chi connectivity index (χ3n) is 3.94. The van der Waals surface area contributed by atoms with Crippen molar-refractivity contribution in [3.05, 3.63) is 0 Å². The monoisotopic (exact) mass is 272 g/mol. The SMILES string of the molecule is CCN(CC)C(C)N(C(C)CC(C)N)N(CC)CC. The first-order chi connectivity index (χ1) is 8.92. The summed E-state index contributed by atoms with van der Waals surface area (Å²) in [7, 11) is 0. The predicted molar refractivity (Wildman–Crippen MR) is 84.9 cm³/mol. The molecule has 0 fully saturated rings. The largest absolute Gasteiger partial charge is 0.328 e. The fourth-order valence-electron chi connectivity index (χ4n) is 3.00. The summed E-state index contributed by atoms with van der Waals surface area (Å²) in [5.74, 6) is 0. The van der Waals surface area contributed by atoms with Crippen LogP contribution in [0.5, 0.6) is 0 Å². The van der Waals surface area contributed by atoms with Crippen LogP contribution in [0.15, 0.2) is 0 Å². The molecule has 0 aliphatic rings. The van der Waals surface area contributed by atoms with Crippen LogP contribution < -0.4 is 5.73 Å². The van der Waals surface area contributed by atoms with E-state index in [9.17, 15) is 0 Å². The van der Waals surface area contributed by atoms with E-state index in [1.165, 1.54) is 0 Å². The lowest BCUT2D eigenvalue weighted by Gasteiger charge is -2.46. The molecule has 0 radical (unpaired) electrons. The molecule has 0 bridgehead atoms. The third-order valence-corrected chi connectivity index (χ3v) is 3.94. The van der Waals surface area contributed by atoms with Crippen molar-refractivity contribution in [1.29, 1.82) is 0 Å². The molecule has 3 unspecified atom stereocenters. The maximum atomic E-state index is 6.00. The van der Waals surface area contributed by atoms with Gasteiger partial charge >= 0.3 is 0 Å². The molecule has 0 aliphatic carbocycles. The van der Waals surface area contributed by atoms with Crippen LogP contribution in [0.2, 0.25) is 0 Å². The number of hydrogen-bond acceptors (Lipinski definition) is 4. The molecule has 0 rings (SSSR count). The van der Waals surface area contributed by atoms with Gasteiger partial charge in [0.1, 0.15) is 0 Å². The van der Waals surface area contributed by atoms with Crippen molar-refractivity contribution in [2.24, 2.45) is 5.73 Å². The zero-order chi connectivity index (χ0) is 15.0. The van der Waals surface area contributed by atoms with Gasteiger partial charge in [-0.3, -0.25) is 4.90 Å². The first-order valence-corrected chi connectivity index (χ1v) is 7.95. The van der Waals surface area contributed by atoms with Gasteiger partial charge in [0.05, 0.1) is 6.17 Å². The molecule has 3 atom stereocenters. The number of nitrogens with zero attached hydrogens (tertiary/aromatic N) is 3. The Kier molecular flexibility index (Phi) is 9.62. The van der Waals surface area contributed by atoms with Crippen molar-refractivity contribution in [1.82, 2.24) is 14.9 Å². The van der Waals surface area contributed by atoms with Gasteiger partial charge < -0.3 is 5.73 Å². The van der Waals surface area contributed by atoms with Gasteiger partial charge in [-0.1, -0.05) is 27.7 Å². The second-order valence-electron chi connectivity index (χ2n) is 5.43. The first kappa shape index (κ1) is 18.8. The van der Waals surface area contributed by atoms with Crippen molar-refractivity contribution < 1.29 is 0 Å². The minimum Gasteiger partial charge on any atom is -0.328 e. The molecule has 0 heterocycles. The fraction of sp³-hybridized carbons (Fsp3) is 1.00.